The lowest BCUT2D eigenvalue weighted by Gasteiger charge is -2.21. The third-order valence-electron chi connectivity index (χ3n) is 5.14. The zero-order valence-corrected chi connectivity index (χ0v) is 19.7. The molecule has 4 rings (SSSR count). The average molecular weight is 466 g/mol. The van der Waals surface area contributed by atoms with Crippen LogP contribution in [0.25, 0.3) is 10.2 Å². The number of carbonyl (C=O) groups is 1. The molecule has 6 nitrogen and oxygen atoms in total. The summed E-state index contributed by atoms with van der Waals surface area (Å²) in [6.07, 6.45) is 0.889. The van der Waals surface area contributed by atoms with Crippen molar-refractivity contribution in [3.8, 4) is 0 Å². The van der Waals surface area contributed by atoms with Crippen LogP contribution in [0.5, 0.6) is 0 Å². The van der Waals surface area contributed by atoms with Crippen LogP contribution in [-0.2, 0) is 16.4 Å². The maximum absolute atomic E-state index is 13.7. The molecule has 3 aromatic carbocycles. The molecule has 0 aliphatic heterocycles. The van der Waals surface area contributed by atoms with Crippen LogP contribution in [0.1, 0.15) is 22.8 Å². The van der Waals surface area contributed by atoms with Gasteiger partial charge in [0.2, 0.25) is 10.0 Å². The fourth-order valence-corrected chi connectivity index (χ4v) is 5.21. The zero-order valence-electron chi connectivity index (χ0n) is 18.0. The lowest BCUT2D eigenvalue weighted by molar-refractivity contribution is 0.0999. The molecule has 1 heterocycles. The molecular weight excluding hydrogens is 442 g/mol. The van der Waals surface area contributed by atoms with Crippen molar-refractivity contribution in [2.24, 2.45) is 0 Å². The van der Waals surface area contributed by atoms with E-state index in [0.29, 0.717) is 10.8 Å². The van der Waals surface area contributed by atoms with Gasteiger partial charge in [0.25, 0.3) is 5.91 Å². The van der Waals surface area contributed by atoms with Crippen LogP contribution in [0.2, 0.25) is 0 Å². The summed E-state index contributed by atoms with van der Waals surface area (Å²) >= 11 is 1.42. The SMILES string of the molecule is CCc1ccc(N(C(=O)c2cccc(S(=O)(=O)N(C)C)c2)c2nc3ccccc3s2)cc1. The molecule has 0 N–H and O–H groups in total. The summed E-state index contributed by atoms with van der Waals surface area (Å²) in [6.45, 7) is 2.07. The Morgan fingerprint density at radius 1 is 0.969 bits per heavy atom. The van der Waals surface area contributed by atoms with Gasteiger partial charge in [-0.05, 0) is 54.4 Å². The van der Waals surface area contributed by atoms with E-state index < -0.39 is 10.0 Å². The molecule has 1 amide bonds. The minimum atomic E-state index is -3.67. The van der Waals surface area contributed by atoms with E-state index in [1.165, 1.54) is 37.6 Å². The molecule has 164 valence electrons. The van der Waals surface area contributed by atoms with E-state index in [4.69, 9.17) is 0 Å². The highest BCUT2D eigenvalue weighted by atomic mass is 32.2. The predicted octanol–water partition coefficient (Wildman–Crippen LogP) is 5.09. The Morgan fingerprint density at radius 3 is 2.34 bits per heavy atom. The summed E-state index contributed by atoms with van der Waals surface area (Å²) in [7, 11) is -0.738. The number of thiazole rings is 1. The van der Waals surface area contributed by atoms with Gasteiger partial charge in [0.05, 0.1) is 20.8 Å². The fraction of sp³-hybridized carbons (Fsp3) is 0.167. The lowest BCUT2D eigenvalue weighted by atomic mass is 10.1. The number of fused-ring (bicyclic) bond motifs is 1. The van der Waals surface area contributed by atoms with Gasteiger partial charge < -0.3 is 0 Å². The van der Waals surface area contributed by atoms with Gasteiger partial charge in [-0.3, -0.25) is 9.69 Å². The van der Waals surface area contributed by atoms with Gasteiger partial charge in [0.15, 0.2) is 5.13 Å². The predicted molar refractivity (Wildman–Crippen MR) is 129 cm³/mol. The molecule has 0 spiro atoms. The zero-order chi connectivity index (χ0) is 22.9. The Balaban J connectivity index is 1.83. The van der Waals surface area contributed by atoms with Gasteiger partial charge in [-0.2, -0.15) is 0 Å². The summed E-state index contributed by atoms with van der Waals surface area (Å²) in [6, 6.07) is 21.6. The van der Waals surface area contributed by atoms with Gasteiger partial charge in [-0.1, -0.05) is 48.6 Å². The van der Waals surface area contributed by atoms with Crippen molar-refractivity contribution in [1.82, 2.24) is 9.29 Å². The molecule has 1 aromatic heterocycles. The number of sulfonamides is 1. The highest BCUT2D eigenvalue weighted by Crippen LogP contribution is 2.35. The van der Waals surface area contributed by atoms with Gasteiger partial charge >= 0.3 is 0 Å². The van der Waals surface area contributed by atoms with Gasteiger partial charge in [0.1, 0.15) is 0 Å². The smallest absolute Gasteiger partial charge is 0.264 e. The maximum Gasteiger partial charge on any atom is 0.264 e. The number of hydrogen-bond acceptors (Lipinski definition) is 5. The Kier molecular flexibility index (Phi) is 6.10. The van der Waals surface area contributed by atoms with Crippen molar-refractivity contribution in [2.45, 2.75) is 18.2 Å². The quantitative estimate of drug-likeness (QED) is 0.398. The van der Waals surface area contributed by atoms with Gasteiger partial charge in [-0.15, -0.1) is 0 Å². The highest BCUT2D eigenvalue weighted by molar-refractivity contribution is 7.89. The van der Waals surface area contributed by atoms with Crippen molar-refractivity contribution in [1.29, 1.82) is 0 Å². The normalized spacial score (nSPS) is 11.8. The van der Waals surface area contributed by atoms with E-state index >= 15 is 0 Å². The molecule has 8 heteroatoms. The second kappa shape index (κ2) is 8.82. The molecule has 0 aliphatic carbocycles. The monoisotopic (exact) mass is 465 g/mol. The van der Waals surface area contributed by atoms with Crippen LogP contribution in [0.3, 0.4) is 0 Å². The third-order valence-corrected chi connectivity index (χ3v) is 7.97. The standard InChI is InChI=1S/C24H23N3O3S2/c1-4-17-12-14-19(15-13-17)27(24-25-21-10-5-6-11-22(21)31-24)23(28)18-8-7-9-20(16-18)32(29,30)26(2)3/h5-16H,4H2,1-3H3. The molecule has 4 aromatic rings. The number of para-hydroxylation sites is 1. The van der Waals surface area contributed by atoms with E-state index in [-0.39, 0.29) is 16.4 Å². The number of aryl methyl sites for hydroxylation is 1. The van der Waals surface area contributed by atoms with E-state index in [1.807, 2.05) is 48.5 Å². The molecule has 0 unspecified atom stereocenters. The van der Waals surface area contributed by atoms with Crippen molar-refractivity contribution in [3.63, 3.8) is 0 Å². The molecule has 0 bridgehead atoms. The number of nitrogens with zero attached hydrogens (tertiary/aromatic N) is 3. The topological polar surface area (TPSA) is 70.6 Å². The van der Waals surface area contributed by atoms with Crippen molar-refractivity contribution in [3.05, 3.63) is 83.9 Å². The molecule has 0 aliphatic rings. The first-order chi connectivity index (χ1) is 15.3. The largest absolute Gasteiger partial charge is 0.268 e. The van der Waals surface area contributed by atoms with Crippen LogP contribution < -0.4 is 4.90 Å². The summed E-state index contributed by atoms with van der Waals surface area (Å²) in [5, 5.41) is 0.529. The minimum Gasteiger partial charge on any atom is -0.268 e. The van der Waals surface area contributed by atoms with Crippen LogP contribution in [-0.4, -0.2) is 37.7 Å². The fourth-order valence-electron chi connectivity index (χ4n) is 3.28. The number of hydrogen-bond donors (Lipinski definition) is 0. The lowest BCUT2D eigenvalue weighted by Crippen LogP contribution is -2.27. The number of rotatable bonds is 6. The molecule has 0 radical (unpaired) electrons. The first kappa shape index (κ1) is 22.1. The number of anilines is 2. The number of aromatic nitrogens is 1. The van der Waals surface area contributed by atoms with Gasteiger partial charge in [-0.25, -0.2) is 17.7 Å². The summed E-state index contributed by atoms with van der Waals surface area (Å²) in [5.41, 5.74) is 2.91. The van der Waals surface area contributed by atoms with Crippen molar-refractivity contribution >= 4 is 48.3 Å². The number of amides is 1. The Labute approximate surface area is 191 Å². The second-order valence-corrected chi connectivity index (χ2v) is 10.6. The van der Waals surface area contributed by atoms with E-state index in [9.17, 15) is 13.2 Å². The van der Waals surface area contributed by atoms with E-state index in [2.05, 4.69) is 11.9 Å². The Bertz CT molecular complexity index is 1340. The summed E-state index contributed by atoms with van der Waals surface area (Å²) < 4.78 is 27.3. The van der Waals surface area contributed by atoms with Crippen molar-refractivity contribution < 1.29 is 13.2 Å². The highest BCUT2D eigenvalue weighted by Gasteiger charge is 2.25. The average Bonchev–Trinajstić information content (AvgIpc) is 3.23. The first-order valence-corrected chi connectivity index (χ1v) is 12.4. The van der Waals surface area contributed by atoms with E-state index in [0.717, 1.165) is 26.5 Å². The summed E-state index contributed by atoms with van der Waals surface area (Å²) in [5.74, 6) is -0.343. The van der Waals surface area contributed by atoms with Gasteiger partial charge in [0, 0.05) is 19.7 Å². The third kappa shape index (κ3) is 4.17. The van der Waals surface area contributed by atoms with Crippen molar-refractivity contribution in [2.75, 3.05) is 19.0 Å². The molecule has 0 fully saturated rings. The van der Waals surface area contributed by atoms with Crippen LogP contribution in [0.4, 0.5) is 10.8 Å². The molecule has 0 atom stereocenters. The molecule has 32 heavy (non-hydrogen) atoms. The van der Waals surface area contributed by atoms with Crippen LogP contribution in [0.15, 0.2) is 77.7 Å². The summed E-state index contributed by atoms with van der Waals surface area (Å²) in [4.78, 5) is 20.0. The molecule has 0 saturated heterocycles. The molecular formula is C24H23N3O3S2. The maximum atomic E-state index is 13.7. The van der Waals surface area contributed by atoms with Crippen LogP contribution in [0, 0.1) is 0 Å². The Morgan fingerprint density at radius 2 is 1.69 bits per heavy atom. The number of benzene rings is 3. The van der Waals surface area contributed by atoms with Crippen LogP contribution >= 0.6 is 11.3 Å². The first-order valence-electron chi connectivity index (χ1n) is 10.1. The molecule has 0 saturated carbocycles. The van der Waals surface area contributed by atoms with E-state index in [1.54, 1.807) is 17.0 Å². The number of carbonyl (C=O) groups excluding carboxylic acids is 1. The Hall–Kier alpha value is -3.07. The second-order valence-electron chi connectivity index (χ2n) is 7.44. The minimum absolute atomic E-state index is 0.0685.